The summed E-state index contributed by atoms with van der Waals surface area (Å²) >= 11 is 0. The van der Waals surface area contributed by atoms with Crippen LogP contribution < -0.4 is 16.0 Å². The van der Waals surface area contributed by atoms with Crippen molar-refractivity contribution >= 4 is 23.3 Å². The van der Waals surface area contributed by atoms with Crippen LogP contribution in [0.4, 0.5) is 17.3 Å². The summed E-state index contributed by atoms with van der Waals surface area (Å²) in [4.78, 5) is 15.0. The highest BCUT2D eigenvalue weighted by Gasteiger charge is 2.03. The summed E-state index contributed by atoms with van der Waals surface area (Å²) in [6.45, 7) is 10.1. The number of anilines is 2. The first kappa shape index (κ1) is 16.7. The number of benzene rings is 1. The second-order valence-electron chi connectivity index (χ2n) is 5.29. The predicted molar refractivity (Wildman–Crippen MR) is 96.4 cm³/mol. The van der Waals surface area contributed by atoms with Crippen molar-refractivity contribution in [1.29, 1.82) is 0 Å². The summed E-state index contributed by atoms with van der Waals surface area (Å²) in [6.07, 6.45) is 0. The van der Waals surface area contributed by atoms with E-state index in [9.17, 15) is 0 Å². The molecule has 122 valence electrons. The molecule has 0 bridgehead atoms. The largest absolute Gasteiger partial charge is 0.372 e. The zero-order valence-corrected chi connectivity index (χ0v) is 14.2. The molecular formula is C17H24N6. The van der Waals surface area contributed by atoms with E-state index >= 15 is 0 Å². The molecule has 0 aliphatic carbocycles. The maximum Gasteiger partial charge on any atom is 0.253 e. The van der Waals surface area contributed by atoms with Crippen LogP contribution in [0.1, 0.15) is 25.2 Å². The van der Waals surface area contributed by atoms with Gasteiger partial charge in [0, 0.05) is 35.9 Å². The van der Waals surface area contributed by atoms with Gasteiger partial charge in [-0.25, -0.2) is 9.97 Å². The minimum Gasteiger partial charge on any atom is -0.372 e. The Bertz CT molecular complexity index is 654. The average molecular weight is 312 g/mol. The lowest BCUT2D eigenvalue weighted by Gasteiger charge is -2.21. The highest BCUT2D eigenvalue weighted by molar-refractivity contribution is 5.93. The van der Waals surface area contributed by atoms with Gasteiger partial charge in [-0.1, -0.05) is 0 Å². The number of aliphatic imine (C=N–C) groups is 1. The van der Waals surface area contributed by atoms with Gasteiger partial charge in [0.15, 0.2) is 0 Å². The van der Waals surface area contributed by atoms with Crippen LogP contribution in [0.5, 0.6) is 0 Å². The van der Waals surface area contributed by atoms with Gasteiger partial charge in [-0.3, -0.25) is 0 Å². The maximum atomic E-state index is 5.94. The third-order valence-electron chi connectivity index (χ3n) is 3.46. The van der Waals surface area contributed by atoms with Crippen molar-refractivity contribution in [3.05, 3.63) is 41.7 Å². The number of rotatable bonds is 5. The molecule has 0 amide bonds. The zero-order valence-electron chi connectivity index (χ0n) is 14.2. The summed E-state index contributed by atoms with van der Waals surface area (Å²) in [5.74, 6) is 0.637. The number of nitrogens with two attached hydrogens (primary N) is 1. The number of aromatic nitrogens is 2. The van der Waals surface area contributed by atoms with Gasteiger partial charge in [0.2, 0.25) is 5.96 Å². The van der Waals surface area contributed by atoms with Crippen molar-refractivity contribution in [2.45, 2.75) is 27.7 Å². The topological polar surface area (TPSA) is 79.4 Å². The van der Waals surface area contributed by atoms with Gasteiger partial charge in [-0.15, -0.1) is 0 Å². The number of nitrogens with zero attached hydrogens (tertiary/aromatic N) is 4. The van der Waals surface area contributed by atoms with E-state index in [4.69, 9.17) is 5.73 Å². The lowest BCUT2D eigenvalue weighted by atomic mass is 10.2. The quantitative estimate of drug-likeness (QED) is 0.655. The first-order chi connectivity index (χ1) is 11.0. The summed E-state index contributed by atoms with van der Waals surface area (Å²) < 4.78 is 0. The Labute approximate surface area is 137 Å². The standard InChI is InChI=1S/C17H24N6/c1-5-23(6-2)15-9-7-14(8-10-15)21-16(18)22-17-19-12(3)11-13(4)20-17/h7-11H,5-6H2,1-4H3,(H3,18,19,20,21,22). The molecule has 0 atom stereocenters. The van der Waals surface area contributed by atoms with E-state index in [0.717, 1.165) is 30.2 Å². The van der Waals surface area contributed by atoms with Crippen molar-refractivity contribution in [2.75, 3.05) is 23.3 Å². The molecular weight excluding hydrogens is 288 g/mol. The van der Waals surface area contributed by atoms with Crippen molar-refractivity contribution < 1.29 is 0 Å². The fourth-order valence-electron chi connectivity index (χ4n) is 2.39. The zero-order chi connectivity index (χ0) is 16.8. The molecule has 6 heteroatoms. The summed E-state index contributed by atoms with van der Waals surface area (Å²) in [7, 11) is 0. The fraction of sp³-hybridized carbons (Fsp3) is 0.353. The van der Waals surface area contributed by atoms with Crippen LogP contribution in [-0.2, 0) is 0 Å². The van der Waals surface area contributed by atoms with Crippen LogP contribution in [0.25, 0.3) is 0 Å². The van der Waals surface area contributed by atoms with Gasteiger partial charge < -0.3 is 16.0 Å². The molecule has 0 unspecified atom stereocenters. The lowest BCUT2D eigenvalue weighted by molar-refractivity contribution is 0.866. The smallest absolute Gasteiger partial charge is 0.253 e. The Morgan fingerprint density at radius 2 is 1.65 bits per heavy atom. The van der Waals surface area contributed by atoms with E-state index < -0.39 is 0 Å². The molecule has 0 saturated carbocycles. The van der Waals surface area contributed by atoms with Gasteiger partial charge in [-0.2, -0.15) is 4.99 Å². The molecule has 0 aliphatic heterocycles. The van der Waals surface area contributed by atoms with Gasteiger partial charge in [0.05, 0.1) is 0 Å². The maximum absolute atomic E-state index is 5.94. The molecule has 0 aliphatic rings. The molecule has 23 heavy (non-hydrogen) atoms. The van der Waals surface area contributed by atoms with Gasteiger partial charge >= 0.3 is 0 Å². The van der Waals surface area contributed by atoms with Crippen LogP contribution >= 0.6 is 0 Å². The molecule has 0 fully saturated rings. The molecule has 0 saturated heterocycles. The molecule has 1 aromatic carbocycles. The molecule has 2 rings (SSSR count). The fourth-order valence-corrected chi connectivity index (χ4v) is 2.39. The summed E-state index contributed by atoms with van der Waals surface area (Å²) in [5.41, 5.74) is 9.74. The van der Waals surface area contributed by atoms with Crippen molar-refractivity contribution in [2.24, 2.45) is 10.7 Å². The Balaban J connectivity index is 2.10. The van der Waals surface area contributed by atoms with Crippen molar-refractivity contribution in [1.82, 2.24) is 9.97 Å². The van der Waals surface area contributed by atoms with Crippen LogP contribution in [-0.4, -0.2) is 29.0 Å². The third-order valence-corrected chi connectivity index (χ3v) is 3.46. The molecule has 3 N–H and O–H groups in total. The van der Waals surface area contributed by atoms with Crippen LogP contribution in [0.3, 0.4) is 0 Å². The van der Waals surface area contributed by atoms with Crippen LogP contribution in [0.2, 0.25) is 0 Å². The normalized spacial score (nSPS) is 11.4. The highest BCUT2D eigenvalue weighted by atomic mass is 15.2. The lowest BCUT2D eigenvalue weighted by Crippen LogP contribution is -2.23. The second-order valence-corrected chi connectivity index (χ2v) is 5.29. The number of nitrogens with one attached hydrogen (secondary N) is 1. The predicted octanol–water partition coefficient (Wildman–Crippen LogP) is 3.00. The van der Waals surface area contributed by atoms with E-state index in [0.29, 0.717) is 5.95 Å². The first-order valence-corrected chi connectivity index (χ1v) is 7.80. The SMILES string of the molecule is CCN(CC)c1ccc(N/C(N)=N/c2nc(C)cc(C)n2)cc1. The number of hydrogen-bond acceptors (Lipinski definition) is 4. The summed E-state index contributed by atoms with van der Waals surface area (Å²) in [5, 5.41) is 3.06. The van der Waals surface area contributed by atoms with Gasteiger partial charge in [0.1, 0.15) is 0 Å². The molecule has 1 aromatic heterocycles. The molecule has 6 nitrogen and oxygen atoms in total. The Kier molecular flexibility index (Phi) is 5.51. The van der Waals surface area contributed by atoms with Gasteiger partial charge in [-0.05, 0) is 58.0 Å². The Morgan fingerprint density at radius 1 is 1.09 bits per heavy atom. The van der Waals surface area contributed by atoms with E-state index in [1.54, 1.807) is 0 Å². The second kappa shape index (κ2) is 7.58. The molecule has 0 radical (unpaired) electrons. The molecule has 1 heterocycles. The monoisotopic (exact) mass is 312 g/mol. The van der Waals surface area contributed by atoms with E-state index in [-0.39, 0.29) is 5.96 Å². The summed E-state index contributed by atoms with van der Waals surface area (Å²) in [6, 6.07) is 10.00. The number of aryl methyl sites for hydroxylation is 2. The van der Waals surface area contributed by atoms with Crippen molar-refractivity contribution in [3.63, 3.8) is 0 Å². The first-order valence-electron chi connectivity index (χ1n) is 7.80. The van der Waals surface area contributed by atoms with E-state index in [1.807, 2.05) is 32.0 Å². The number of guanidine groups is 1. The number of hydrogen-bond donors (Lipinski definition) is 2. The molecule has 2 aromatic rings. The van der Waals surface area contributed by atoms with Crippen LogP contribution in [0, 0.1) is 13.8 Å². The molecule has 0 spiro atoms. The van der Waals surface area contributed by atoms with Crippen LogP contribution in [0.15, 0.2) is 35.3 Å². The Hall–Kier alpha value is -2.63. The van der Waals surface area contributed by atoms with Gasteiger partial charge in [0.25, 0.3) is 5.95 Å². The minimum atomic E-state index is 0.269. The average Bonchev–Trinajstić information content (AvgIpc) is 2.49. The van der Waals surface area contributed by atoms with E-state index in [2.05, 4.69) is 51.2 Å². The third kappa shape index (κ3) is 4.67. The Morgan fingerprint density at radius 3 is 2.17 bits per heavy atom. The van der Waals surface area contributed by atoms with Crippen molar-refractivity contribution in [3.8, 4) is 0 Å². The van der Waals surface area contributed by atoms with E-state index in [1.165, 1.54) is 5.69 Å². The minimum absolute atomic E-state index is 0.269. The highest BCUT2D eigenvalue weighted by Crippen LogP contribution is 2.17.